The Morgan fingerprint density at radius 1 is 0.769 bits per heavy atom. The Kier molecular flexibility index (Phi) is 9.43. The van der Waals surface area contributed by atoms with Crippen LogP contribution in [0.15, 0.2) is 60.7 Å². The molecule has 131 valence electrons. The topological polar surface area (TPSA) is 77.5 Å². The summed E-state index contributed by atoms with van der Waals surface area (Å²) in [5.74, 6) is -1.85. The van der Waals surface area contributed by atoms with E-state index in [1.165, 1.54) is 0 Å². The number of carbonyl (C=O) groups excluding carboxylic acids is 3. The molecule has 0 aliphatic rings. The zero-order valence-corrected chi connectivity index (χ0v) is 14.9. The van der Waals surface area contributed by atoms with Crippen molar-refractivity contribution < 1.29 is 19.5 Å². The Bertz CT molecular complexity index is 666. The summed E-state index contributed by atoms with van der Waals surface area (Å²) >= 11 is 0. The van der Waals surface area contributed by atoms with Gasteiger partial charge in [-0.3, -0.25) is 14.5 Å². The van der Waals surface area contributed by atoms with E-state index in [1.807, 2.05) is 60.7 Å². The second-order valence-corrected chi connectivity index (χ2v) is 5.74. The second-order valence-electron chi connectivity index (χ2n) is 5.74. The zero-order valence-electron chi connectivity index (χ0n) is 14.9. The maximum atomic E-state index is 12.6. The Labute approximate surface area is 165 Å². The Morgan fingerprint density at radius 2 is 1.19 bits per heavy atom. The van der Waals surface area contributed by atoms with Crippen molar-refractivity contribution in [1.82, 2.24) is 4.90 Å². The van der Waals surface area contributed by atoms with Gasteiger partial charge in [-0.1, -0.05) is 60.7 Å². The van der Waals surface area contributed by atoms with Crippen LogP contribution in [0.5, 0.6) is 0 Å². The van der Waals surface area contributed by atoms with Crippen LogP contribution in [-0.2, 0) is 27.2 Å². The van der Waals surface area contributed by atoms with Crippen LogP contribution in [0.1, 0.15) is 24.0 Å². The first-order valence-electron chi connectivity index (χ1n) is 8.17. The fourth-order valence-electron chi connectivity index (χ4n) is 2.50. The summed E-state index contributed by atoms with van der Waals surface area (Å²) in [5, 5.41) is 10.6. The van der Waals surface area contributed by atoms with Gasteiger partial charge < -0.3 is 9.90 Å². The minimum atomic E-state index is -1.19. The summed E-state index contributed by atoms with van der Waals surface area (Å²) in [7, 11) is 0. The summed E-state index contributed by atoms with van der Waals surface area (Å²) < 4.78 is 0. The van der Waals surface area contributed by atoms with Gasteiger partial charge in [0.05, 0.1) is 12.8 Å². The van der Waals surface area contributed by atoms with E-state index >= 15 is 0 Å². The van der Waals surface area contributed by atoms with E-state index in [2.05, 4.69) is 0 Å². The number of imide groups is 1. The molecule has 0 saturated heterocycles. The number of nitrogens with zero attached hydrogens (tertiary/aromatic N) is 1. The van der Waals surface area contributed by atoms with Gasteiger partial charge in [0.1, 0.15) is 0 Å². The summed E-state index contributed by atoms with van der Waals surface area (Å²) in [6, 6.07) is 18.3. The number of carboxylic acids is 1. The molecular formula is C20H20LiNO4-. The number of hydrogen-bond donors (Lipinski definition) is 0. The van der Waals surface area contributed by atoms with Crippen LogP contribution in [-0.4, -0.2) is 48.1 Å². The van der Waals surface area contributed by atoms with Crippen molar-refractivity contribution in [3.05, 3.63) is 71.8 Å². The van der Waals surface area contributed by atoms with Crippen molar-refractivity contribution in [3.63, 3.8) is 0 Å². The van der Waals surface area contributed by atoms with E-state index in [4.69, 9.17) is 0 Å². The van der Waals surface area contributed by atoms with Gasteiger partial charge in [0.2, 0.25) is 11.8 Å². The average molecular weight is 345 g/mol. The van der Waals surface area contributed by atoms with Crippen molar-refractivity contribution in [2.45, 2.75) is 25.7 Å². The molecule has 0 unspecified atom stereocenters. The molecule has 26 heavy (non-hydrogen) atoms. The Balaban J connectivity index is 0.00000338. The second kappa shape index (κ2) is 11.3. The third-order valence-electron chi connectivity index (χ3n) is 3.76. The van der Waals surface area contributed by atoms with E-state index in [9.17, 15) is 19.5 Å². The molecule has 2 aromatic rings. The van der Waals surface area contributed by atoms with Crippen molar-refractivity contribution in [2.24, 2.45) is 0 Å². The van der Waals surface area contributed by atoms with Crippen LogP contribution in [0.3, 0.4) is 0 Å². The summed E-state index contributed by atoms with van der Waals surface area (Å²) in [4.78, 5) is 36.9. The number of amides is 2. The monoisotopic (exact) mass is 345 g/mol. The zero-order chi connectivity index (χ0) is 18.1. The molecule has 6 heteroatoms. The Morgan fingerprint density at radius 3 is 1.58 bits per heavy atom. The van der Waals surface area contributed by atoms with E-state index < -0.39 is 5.97 Å². The van der Waals surface area contributed by atoms with Gasteiger partial charge in [-0.05, 0) is 24.0 Å². The molecule has 0 bridgehead atoms. The summed E-state index contributed by atoms with van der Waals surface area (Å²) in [5.41, 5.74) is 1.62. The molecule has 0 saturated carbocycles. The molecule has 0 N–H and O–H groups in total. The van der Waals surface area contributed by atoms with Crippen LogP contribution in [0, 0.1) is 0 Å². The maximum Gasteiger partial charge on any atom is 0.233 e. The first kappa shape index (κ1) is 21.7. The van der Waals surface area contributed by atoms with Crippen molar-refractivity contribution in [2.75, 3.05) is 6.54 Å². The summed E-state index contributed by atoms with van der Waals surface area (Å²) in [6.07, 6.45) is 0.205. The maximum absolute atomic E-state index is 12.6. The number of hydrogen-bond acceptors (Lipinski definition) is 4. The number of carboxylic acid groups (broad SMARTS) is 1. The number of rotatable bonds is 8. The molecule has 2 amide bonds. The van der Waals surface area contributed by atoms with E-state index in [0.717, 1.165) is 16.0 Å². The molecule has 0 spiro atoms. The van der Waals surface area contributed by atoms with Crippen LogP contribution >= 0.6 is 0 Å². The summed E-state index contributed by atoms with van der Waals surface area (Å²) in [6.45, 7) is 0.0747. The molecule has 0 fully saturated rings. The first-order chi connectivity index (χ1) is 12.1. The molecule has 2 aromatic carbocycles. The molecule has 0 atom stereocenters. The van der Waals surface area contributed by atoms with Gasteiger partial charge in [0.25, 0.3) is 0 Å². The van der Waals surface area contributed by atoms with Crippen molar-refractivity contribution in [3.8, 4) is 0 Å². The number of aliphatic carboxylic acids is 1. The fourth-order valence-corrected chi connectivity index (χ4v) is 2.50. The van der Waals surface area contributed by atoms with Gasteiger partial charge >= 0.3 is 0 Å². The van der Waals surface area contributed by atoms with E-state index in [1.54, 1.807) is 0 Å². The Hall–Kier alpha value is -2.35. The standard InChI is InChI=1S/C20H21NO4.Li/c22-18(14-16-8-3-1-4-9-16)21(13-7-12-20(24)25)19(23)15-17-10-5-2-6-11-17;/h1-6,8-11H,7,12-15H2,(H,24,25);/p-1. The van der Waals surface area contributed by atoms with Gasteiger partial charge in [-0.25, -0.2) is 0 Å². The minimum Gasteiger partial charge on any atom is -0.550 e. The molecule has 0 aliphatic carbocycles. The largest absolute Gasteiger partial charge is 0.550 e. The van der Waals surface area contributed by atoms with Gasteiger partial charge in [-0.15, -0.1) is 0 Å². The minimum absolute atomic E-state index is 0. The molecule has 0 heterocycles. The number of benzene rings is 2. The van der Waals surface area contributed by atoms with E-state index in [-0.39, 0.29) is 62.9 Å². The normalized spacial score (nSPS) is 9.85. The average Bonchev–Trinajstić information content (AvgIpc) is 2.60. The number of carbonyl (C=O) groups is 3. The van der Waals surface area contributed by atoms with Crippen LogP contribution in [0.2, 0.25) is 0 Å². The molecule has 0 aromatic heterocycles. The molecular weight excluding hydrogens is 325 g/mol. The van der Waals surface area contributed by atoms with Crippen molar-refractivity contribution in [1.29, 1.82) is 0 Å². The SMILES string of the molecule is O=C([O-])CCCN(C(=O)Cc1ccccc1)C(=O)Cc1ccccc1.[Li]. The van der Waals surface area contributed by atoms with Gasteiger partial charge in [0, 0.05) is 31.4 Å². The molecule has 0 aliphatic heterocycles. The van der Waals surface area contributed by atoms with E-state index in [0.29, 0.717) is 0 Å². The van der Waals surface area contributed by atoms with Gasteiger partial charge in [0.15, 0.2) is 0 Å². The predicted octanol–water partition coefficient (Wildman–Crippen LogP) is 0.976. The smallest absolute Gasteiger partial charge is 0.233 e. The molecule has 1 radical (unpaired) electrons. The third kappa shape index (κ3) is 7.26. The molecule has 2 rings (SSSR count). The fraction of sp³-hybridized carbons (Fsp3) is 0.250. The van der Waals surface area contributed by atoms with Crippen LogP contribution in [0.25, 0.3) is 0 Å². The predicted molar refractivity (Wildman–Crippen MR) is 97.0 cm³/mol. The van der Waals surface area contributed by atoms with Crippen LogP contribution < -0.4 is 5.11 Å². The molecule has 5 nitrogen and oxygen atoms in total. The first-order valence-corrected chi connectivity index (χ1v) is 8.17. The third-order valence-corrected chi connectivity index (χ3v) is 3.76. The quantitative estimate of drug-likeness (QED) is 0.668. The van der Waals surface area contributed by atoms with Gasteiger partial charge in [-0.2, -0.15) is 0 Å². The van der Waals surface area contributed by atoms with Crippen LogP contribution in [0.4, 0.5) is 0 Å². The van der Waals surface area contributed by atoms with Crippen molar-refractivity contribution >= 4 is 36.6 Å².